The number of halogens is 1. The third-order valence-corrected chi connectivity index (χ3v) is 4.09. The van der Waals surface area contributed by atoms with Crippen molar-refractivity contribution in [2.24, 2.45) is 0 Å². The number of rotatable bonds is 3. The van der Waals surface area contributed by atoms with E-state index >= 15 is 0 Å². The summed E-state index contributed by atoms with van der Waals surface area (Å²) in [6.45, 7) is 6.29. The third-order valence-electron chi connectivity index (χ3n) is 3.90. The van der Waals surface area contributed by atoms with Crippen molar-refractivity contribution in [2.75, 3.05) is 0 Å². The van der Waals surface area contributed by atoms with Gasteiger partial charge in [-0.3, -0.25) is 10.2 Å². The van der Waals surface area contributed by atoms with E-state index in [0.717, 1.165) is 25.0 Å². The molecule has 0 aromatic carbocycles. The van der Waals surface area contributed by atoms with Gasteiger partial charge in [-0.25, -0.2) is 9.99 Å². The van der Waals surface area contributed by atoms with Gasteiger partial charge in [0.1, 0.15) is 5.15 Å². The summed E-state index contributed by atoms with van der Waals surface area (Å²) < 4.78 is 0. The maximum Gasteiger partial charge on any atom is 0.265 e. The minimum atomic E-state index is -0.107. The number of hydrazine groups is 1. The molecule has 2 rings (SSSR count). The number of aromatic nitrogens is 1. The number of piperidine rings is 1. The van der Waals surface area contributed by atoms with Crippen molar-refractivity contribution in [2.45, 2.75) is 58.5 Å². The average Bonchev–Trinajstić information content (AvgIpc) is 2.42. The van der Waals surface area contributed by atoms with Crippen molar-refractivity contribution in [1.82, 2.24) is 15.4 Å². The van der Waals surface area contributed by atoms with Gasteiger partial charge in [-0.15, -0.1) is 0 Å². The SMILES string of the molecule is CCc1cc(C(=O)NN2C(C)CCCC2C)cc(Cl)n1. The smallest absolute Gasteiger partial charge is 0.265 e. The van der Waals surface area contributed by atoms with Gasteiger partial charge in [0.25, 0.3) is 5.91 Å². The first kappa shape index (κ1) is 15.3. The van der Waals surface area contributed by atoms with Crippen molar-refractivity contribution in [3.63, 3.8) is 0 Å². The zero-order valence-electron chi connectivity index (χ0n) is 12.3. The van der Waals surface area contributed by atoms with E-state index in [9.17, 15) is 4.79 Å². The lowest BCUT2D eigenvalue weighted by atomic mass is 10.00. The molecule has 1 N–H and O–H groups in total. The van der Waals surface area contributed by atoms with E-state index in [1.807, 2.05) is 6.92 Å². The Morgan fingerprint density at radius 3 is 2.65 bits per heavy atom. The summed E-state index contributed by atoms with van der Waals surface area (Å²) in [7, 11) is 0. The van der Waals surface area contributed by atoms with Crippen LogP contribution in [0.3, 0.4) is 0 Å². The number of carbonyl (C=O) groups excluding carboxylic acids is 1. The molecule has 2 atom stereocenters. The molecule has 0 bridgehead atoms. The Bertz CT molecular complexity index is 482. The predicted molar refractivity (Wildman–Crippen MR) is 80.7 cm³/mol. The molecule has 4 nitrogen and oxygen atoms in total. The number of pyridine rings is 1. The van der Waals surface area contributed by atoms with Crippen LogP contribution in [-0.2, 0) is 6.42 Å². The van der Waals surface area contributed by atoms with E-state index in [1.165, 1.54) is 6.42 Å². The normalized spacial score (nSPS) is 23.6. The van der Waals surface area contributed by atoms with Crippen LogP contribution in [0.15, 0.2) is 12.1 Å². The summed E-state index contributed by atoms with van der Waals surface area (Å²) in [5, 5.41) is 2.43. The molecule has 1 aromatic rings. The highest BCUT2D eigenvalue weighted by Crippen LogP contribution is 2.21. The van der Waals surface area contributed by atoms with Crippen LogP contribution < -0.4 is 5.43 Å². The van der Waals surface area contributed by atoms with E-state index in [1.54, 1.807) is 12.1 Å². The number of carbonyl (C=O) groups is 1. The molecular weight excluding hydrogens is 274 g/mol. The Morgan fingerprint density at radius 2 is 2.05 bits per heavy atom. The lowest BCUT2D eigenvalue weighted by Gasteiger charge is -2.38. The molecule has 1 saturated heterocycles. The number of amides is 1. The minimum Gasteiger partial charge on any atom is -0.284 e. The number of nitrogens with one attached hydrogen (secondary N) is 1. The van der Waals surface area contributed by atoms with Gasteiger partial charge >= 0.3 is 0 Å². The number of nitrogens with zero attached hydrogens (tertiary/aromatic N) is 2. The average molecular weight is 296 g/mol. The van der Waals surface area contributed by atoms with Crippen molar-refractivity contribution in [1.29, 1.82) is 0 Å². The van der Waals surface area contributed by atoms with E-state index in [2.05, 4.69) is 29.3 Å². The molecule has 1 amide bonds. The standard InChI is InChI=1S/C15H22ClN3O/c1-4-13-8-12(9-14(16)17-13)15(20)18-19-10(2)6-5-7-11(19)3/h8-11H,4-7H2,1-3H3,(H,18,20). The first-order valence-corrected chi connectivity index (χ1v) is 7.64. The van der Waals surface area contributed by atoms with Gasteiger partial charge in [-0.05, 0) is 45.2 Å². The van der Waals surface area contributed by atoms with Crippen molar-refractivity contribution in [3.8, 4) is 0 Å². The Kier molecular flexibility index (Phi) is 5.00. The fourth-order valence-electron chi connectivity index (χ4n) is 2.69. The second-order valence-electron chi connectivity index (χ2n) is 5.50. The van der Waals surface area contributed by atoms with Crippen LogP contribution >= 0.6 is 11.6 Å². The summed E-state index contributed by atoms with van der Waals surface area (Å²) in [5.74, 6) is -0.107. The fraction of sp³-hybridized carbons (Fsp3) is 0.600. The molecule has 1 fully saturated rings. The fourth-order valence-corrected chi connectivity index (χ4v) is 2.91. The highest BCUT2D eigenvalue weighted by Gasteiger charge is 2.26. The Hall–Kier alpha value is -1.13. The van der Waals surface area contributed by atoms with Gasteiger partial charge in [-0.1, -0.05) is 24.9 Å². The van der Waals surface area contributed by atoms with E-state index in [4.69, 9.17) is 11.6 Å². The quantitative estimate of drug-likeness (QED) is 0.871. The Balaban J connectivity index is 2.13. The molecule has 0 radical (unpaired) electrons. The highest BCUT2D eigenvalue weighted by molar-refractivity contribution is 6.29. The van der Waals surface area contributed by atoms with E-state index in [0.29, 0.717) is 22.8 Å². The number of aryl methyl sites for hydroxylation is 1. The van der Waals surface area contributed by atoms with Crippen molar-refractivity contribution >= 4 is 17.5 Å². The lowest BCUT2D eigenvalue weighted by Crippen LogP contribution is -2.54. The van der Waals surface area contributed by atoms with Crippen molar-refractivity contribution < 1.29 is 4.79 Å². The van der Waals surface area contributed by atoms with Crippen LogP contribution in [0, 0.1) is 0 Å². The van der Waals surface area contributed by atoms with Gasteiger partial charge < -0.3 is 0 Å². The molecular formula is C15H22ClN3O. The molecule has 0 spiro atoms. The summed E-state index contributed by atoms with van der Waals surface area (Å²) in [5.41, 5.74) is 4.43. The lowest BCUT2D eigenvalue weighted by molar-refractivity contribution is 0.0369. The van der Waals surface area contributed by atoms with Crippen LogP contribution in [0.2, 0.25) is 5.15 Å². The molecule has 0 saturated carbocycles. The highest BCUT2D eigenvalue weighted by atomic mass is 35.5. The zero-order valence-corrected chi connectivity index (χ0v) is 13.1. The molecule has 110 valence electrons. The summed E-state index contributed by atoms with van der Waals surface area (Å²) in [6, 6.07) is 4.16. The van der Waals surface area contributed by atoms with Gasteiger partial charge in [0.15, 0.2) is 0 Å². The van der Waals surface area contributed by atoms with Crippen LogP contribution in [0.1, 0.15) is 56.1 Å². The van der Waals surface area contributed by atoms with Crippen LogP contribution in [0.25, 0.3) is 0 Å². The van der Waals surface area contributed by atoms with Crippen LogP contribution in [0.5, 0.6) is 0 Å². The number of hydrogen-bond donors (Lipinski definition) is 1. The van der Waals surface area contributed by atoms with Gasteiger partial charge in [-0.2, -0.15) is 0 Å². The summed E-state index contributed by atoms with van der Waals surface area (Å²) in [4.78, 5) is 16.6. The Morgan fingerprint density at radius 1 is 1.40 bits per heavy atom. The molecule has 20 heavy (non-hydrogen) atoms. The first-order valence-electron chi connectivity index (χ1n) is 7.27. The van der Waals surface area contributed by atoms with Gasteiger partial charge in [0.2, 0.25) is 0 Å². The van der Waals surface area contributed by atoms with Crippen LogP contribution in [-0.4, -0.2) is 28.0 Å². The molecule has 2 heterocycles. The third kappa shape index (κ3) is 3.49. The maximum atomic E-state index is 12.4. The second kappa shape index (κ2) is 6.55. The monoisotopic (exact) mass is 295 g/mol. The largest absolute Gasteiger partial charge is 0.284 e. The second-order valence-corrected chi connectivity index (χ2v) is 5.89. The van der Waals surface area contributed by atoms with Gasteiger partial charge in [0, 0.05) is 23.3 Å². The molecule has 1 aliphatic heterocycles. The van der Waals surface area contributed by atoms with Crippen LogP contribution in [0.4, 0.5) is 0 Å². The first-order chi connectivity index (χ1) is 9.51. The predicted octanol–water partition coefficient (Wildman–Crippen LogP) is 3.21. The van der Waals surface area contributed by atoms with E-state index < -0.39 is 0 Å². The molecule has 5 heteroatoms. The topological polar surface area (TPSA) is 45.2 Å². The zero-order chi connectivity index (χ0) is 14.7. The van der Waals surface area contributed by atoms with E-state index in [-0.39, 0.29) is 5.91 Å². The number of hydrogen-bond acceptors (Lipinski definition) is 3. The molecule has 0 aliphatic carbocycles. The van der Waals surface area contributed by atoms with Gasteiger partial charge in [0.05, 0.1) is 0 Å². The van der Waals surface area contributed by atoms with Crippen molar-refractivity contribution in [3.05, 3.63) is 28.5 Å². The minimum absolute atomic E-state index is 0.107. The Labute approximate surface area is 125 Å². The maximum absolute atomic E-state index is 12.4. The molecule has 1 aromatic heterocycles. The molecule has 2 unspecified atom stereocenters. The summed E-state index contributed by atoms with van der Waals surface area (Å²) in [6.07, 6.45) is 4.21. The summed E-state index contributed by atoms with van der Waals surface area (Å²) >= 11 is 5.97. The molecule has 1 aliphatic rings.